The number of hydrogen-bond donors (Lipinski definition) is 1. The minimum Gasteiger partial charge on any atom is -0.309 e. The van der Waals surface area contributed by atoms with E-state index in [9.17, 15) is 4.79 Å². The van der Waals surface area contributed by atoms with Crippen molar-refractivity contribution in [2.45, 2.75) is 33.4 Å². The fourth-order valence-corrected chi connectivity index (χ4v) is 2.58. The average molecular weight is 273 g/mol. The van der Waals surface area contributed by atoms with Crippen molar-refractivity contribution in [2.75, 3.05) is 6.54 Å². The first-order valence-electron chi connectivity index (χ1n) is 7.05. The standard InChI is InChI=1S/C16H23N3O/c1-5-17-15(11-19-9-8-18(4)16(19)20)14-7-6-12(2)10-13(14)3/h6-10,15,17H,5,11H2,1-4H3. The molecule has 4 nitrogen and oxygen atoms in total. The van der Waals surface area contributed by atoms with Gasteiger partial charge in [-0.05, 0) is 31.5 Å². The molecule has 2 rings (SSSR count). The molecule has 108 valence electrons. The van der Waals surface area contributed by atoms with E-state index in [1.165, 1.54) is 16.7 Å². The predicted octanol–water partition coefficient (Wildman–Crippen LogP) is 2.15. The SMILES string of the molecule is CCNC(Cn1ccn(C)c1=O)c1ccc(C)cc1C. The van der Waals surface area contributed by atoms with Gasteiger partial charge in [0.25, 0.3) is 0 Å². The molecule has 1 heterocycles. The van der Waals surface area contributed by atoms with E-state index in [1.807, 2.05) is 6.20 Å². The number of rotatable bonds is 5. The molecule has 0 aliphatic heterocycles. The van der Waals surface area contributed by atoms with E-state index in [-0.39, 0.29) is 11.7 Å². The van der Waals surface area contributed by atoms with Gasteiger partial charge in [0.1, 0.15) is 0 Å². The molecule has 0 aliphatic rings. The zero-order valence-electron chi connectivity index (χ0n) is 12.7. The van der Waals surface area contributed by atoms with Crippen molar-refractivity contribution in [3.8, 4) is 0 Å². The van der Waals surface area contributed by atoms with Crippen LogP contribution in [0.5, 0.6) is 0 Å². The molecule has 0 aliphatic carbocycles. The lowest BCUT2D eigenvalue weighted by Crippen LogP contribution is -2.31. The van der Waals surface area contributed by atoms with Crippen molar-refractivity contribution >= 4 is 0 Å². The molecule has 1 aromatic carbocycles. The van der Waals surface area contributed by atoms with Crippen molar-refractivity contribution in [3.05, 3.63) is 57.8 Å². The Morgan fingerprint density at radius 3 is 2.55 bits per heavy atom. The number of aromatic nitrogens is 2. The van der Waals surface area contributed by atoms with Gasteiger partial charge in [-0.3, -0.25) is 4.57 Å². The van der Waals surface area contributed by atoms with Crippen LogP contribution < -0.4 is 11.0 Å². The quantitative estimate of drug-likeness (QED) is 0.906. The molecule has 0 radical (unpaired) electrons. The van der Waals surface area contributed by atoms with E-state index in [1.54, 1.807) is 22.4 Å². The fraction of sp³-hybridized carbons (Fsp3) is 0.438. The molecule has 0 amide bonds. The summed E-state index contributed by atoms with van der Waals surface area (Å²) < 4.78 is 3.36. The van der Waals surface area contributed by atoms with Gasteiger partial charge < -0.3 is 9.88 Å². The third-order valence-electron chi connectivity index (χ3n) is 3.65. The van der Waals surface area contributed by atoms with Gasteiger partial charge in [-0.25, -0.2) is 4.79 Å². The number of nitrogens with zero attached hydrogens (tertiary/aromatic N) is 2. The molecule has 1 unspecified atom stereocenters. The summed E-state index contributed by atoms with van der Waals surface area (Å²) in [5, 5.41) is 3.48. The summed E-state index contributed by atoms with van der Waals surface area (Å²) in [6.07, 6.45) is 3.64. The van der Waals surface area contributed by atoms with Gasteiger partial charge in [0.15, 0.2) is 0 Å². The molecule has 0 bridgehead atoms. The second-order valence-corrected chi connectivity index (χ2v) is 5.31. The molecule has 2 aromatic rings. The highest BCUT2D eigenvalue weighted by Gasteiger charge is 2.14. The zero-order valence-corrected chi connectivity index (χ0v) is 12.7. The Hall–Kier alpha value is -1.81. The number of hydrogen-bond acceptors (Lipinski definition) is 2. The van der Waals surface area contributed by atoms with Crippen LogP contribution in [0.3, 0.4) is 0 Å². The number of imidazole rings is 1. The molecule has 1 N–H and O–H groups in total. The maximum absolute atomic E-state index is 12.0. The van der Waals surface area contributed by atoms with Crippen molar-refractivity contribution in [2.24, 2.45) is 7.05 Å². The van der Waals surface area contributed by atoms with Crippen LogP contribution in [0.1, 0.15) is 29.7 Å². The van der Waals surface area contributed by atoms with Gasteiger partial charge >= 0.3 is 5.69 Å². The van der Waals surface area contributed by atoms with Crippen LogP contribution in [0.2, 0.25) is 0 Å². The van der Waals surface area contributed by atoms with Crippen LogP contribution in [0.4, 0.5) is 0 Å². The number of likely N-dealkylation sites (N-methyl/N-ethyl adjacent to an activating group) is 1. The average Bonchev–Trinajstić information content (AvgIpc) is 2.70. The first kappa shape index (κ1) is 14.6. The molecule has 0 fully saturated rings. The van der Waals surface area contributed by atoms with Gasteiger partial charge in [0.2, 0.25) is 0 Å². The van der Waals surface area contributed by atoms with Crippen molar-refractivity contribution < 1.29 is 0 Å². The molecule has 1 atom stereocenters. The van der Waals surface area contributed by atoms with Crippen molar-refractivity contribution in [1.29, 1.82) is 0 Å². The molecule has 1 aromatic heterocycles. The zero-order chi connectivity index (χ0) is 14.7. The van der Waals surface area contributed by atoms with Gasteiger partial charge in [-0.15, -0.1) is 0 Å². The summed E-state index contributed by atoms with van der Waals surface area (Å²) >= 11 is 0. The summed E-state index contributed by atoms with van der Waals surface area (Å²) in [5.74, 6) is 0. The van der Waals surface area contributed by atoms with Crippen LogP contribution in [0.15, 0.2) is 35.4 Å². The van der Waals surface area contributed by atoms with Crippen LogP contribution >= 0.6 is 0 Å². The predicted molar refractivity (Wildman–Crippen MR) is 82.0 cm³/mol. The lowest BCUT2D eigenvalue weighted by atomic mass is 9.99. The van der Waals surface area contributed by atoms with E-state index in [4.69, 9.17) is 0 Å². The summed E-state index contributed by atoms with van der Waals surface area (Å²) in [7, 11) is 1.78. The Balaban J connectivity index is 2.31. The fourth-order valence-electron chi connectivity index (χ4n) is 2.58. The van der Waals surface area contributed by atoms with Crippen LogP contribution in [0, 0.1) is 13.8 Å². The molecular formula is C16H23N3O. The molecule has 0 saturated heterocycles. The van der Waals surface area contributed by atoms with Gasteiger partial charge in [-0.1, -0.05) is 30.7 Å². The molecule has 0 spiro atoms. The molecular weight excluding hydrogens is 250 g/mol. The van der Waals surface area contributed by atoms with E-state index < -0.39 is 0 Å². The first-order valence-corrected chi connectivity index (χ1v) is 7.05. The lowest BCUT2D eigenvalue weighted by Gasteiger charge is -2.21. The second-order valence-electron chi connectivity index (χ2n) is 5.31. The summed E-state index contributed by atoms with van der Waals surface area (Å²) in [5.41, 5.74) is 3.81. The minimum absolute atomic E-state index is 0.0256. The highest BCUT2D eigenvalue weighted by molar-refractivity contribution is 5.32. The third kappa shape index (κ3) is 3.02. The maximum atomic E-state index is 12.0. The van der Waals surface area contributed by atoms with Gasteiger partial charge in [-0.2, -0.15) is 0 Å². The monoisotopic (exact) mass is 273 g/mol. The normalized spacial score (nSPS) is 12.6. The highest BCUT2D eigenvalue weighted by Crippen LogP contribution is 2.20. The summed E-state index contributed by atoms with van der Waals surface area (Å²) in [4.78, 5) is 12.0. The Morgan fingerprint density at radius 2 is 2.00 bits per heavy atom. The number of nitrogens with one attached hydrogen (secondary N) is 1. The largest absolute Gasteiger partial charge is 0.327 e. The summed E-state index contributed by atoms with van der Waals surface area (Å²) in [6.45, 7) is 7.84. The van der Waals surface area contributed by atoms with Crippen molar-refractivity contribution in [3.63, 3.8) is 0 Å². The minimum atomic E-state index is 0.0256. The van der Waals surface area contributed by atoms with Gasteiger partial charge in [0, 0.05) is 26.0 Å². The van der Waals surface area contributed by atoms with Crippen LogP contribution in [-0.4, -0.2) is 15.7 Å². The number of aryl methyl sites for hydroxylation is 3. The molecule has 20 heavy (non-hydrogen) atoms. The first-order chi connectivity index (χ1) is 9.52. The number of benzene rings is 1. The Kier molecular flexibility index (Phi) is 4.45. The third-order valence-corrected chi connectivity index (χ3v) is 3.65. The maximum Gasteiger partial charge on any atom is 0.327 e. The Labute approximate surface area is 120 Å². The lowest BCUT2D eigenvalue weighted by molar-refractivity contribution is 0.463. The molecule has 0 saturated carbocycles. The van der Waals surface area contributed by atoms with Crippen LogP contribution in [-0.2, 0) is 13.6 Å². The van der Waals surface area contributed by atoms with E-state index in [0.29, 0.717) is 6.54 Å². The second kappa shape index (κ2) is 6.09. The topological polar surface area (TPSA) is 39.0 Å². The smallest absolute Gasteiger partial charge is 0.309 e. The van der Waals surface area contributed by atoms with E-state index in [2.05, 4.69) is 44.3 Å². The Bertz CT molecular complexity index is 639. The van der Waals surface area contributed by atoms with Crippen molar-refractivity contribution in [1.82, 2.24) is 14.5 Å². The Morgan fingerprint density at radius 1 is 1.25 bits per heavy atom. The highest BCUT2D eigenvalue weighted by atomic mass is 16.1. The van der Waals surface area contributed by atoms with E-state index in [0.717, 1.165) is 6.54 Å². The molecule has 4 heteroatoms. The van der Waals surface area contributed by atoms with Gasteiger partial charge in [0.05, 0.1) is 6.04 Å². The van der Waals surface area contributed by atoms with E-state index >= 15 is 0 Å². The van der Waals surface area contributed by atoms with Crippen LogP contribution in [0.25, 0.3) is 0 Å². The summed E-state index contributed by atoms with van der Waals surface area (Å²) in [6, 6.07) is 6.63.